The van der Waals surface area contributed by atoms with Crippen LogP contribution in [0.1, 0.15) is 49.7 Å². The molecule has 1 heterocycles. The lowest BCUT2D eigenvalue weighted by Gasteiger charge is -2.33. The lowest BCUT2D eigenvalue weighted by molar-refractivity contribution is -0.141. The summed E-state index contributed by atoms with van der Waals surface area (Å²) < 4.78 is 38.2. The van der Waals surface area contributed by atoms with Gasteiger partial charge in [0.1, 0.15) is 19.3 Å². The van der Waals surface area contributed by atoms with Gasteiger partial charge >= 0.3 is 0 Å². The highest BCUT2D eigenvalue weighted by Crippen LogP contribution is 2.35. The Hall–Kier alpha value is -3.47. The van der Waals surface area contributed by atoms with E-state index in [4.69, 9.17) is 32.7 Å². The van der Waals surface area contributed by atoms with Gasteiger partial charge in [0.25, 0.3) is 0 Å². The van der Waals surface area contributed by atoms with Crippen LogP contribution in [0.2, 0.25) is 10.0 Å². The molecular weight excluding hydrogens is 649 g/mol. The van der Waals surface area contributed by atoms with Crippen molar-refractivity contribution in [3.8, 4) is 11.5 Å². The van der Waals surface area contributed by atoms with Crippen LogP contribution < -0.4 is 19.1 Å². The zero-order valence-electron chi connectivity index (χ0n) is 25.8. The van der Waals surface area contributed by atoms with Crippen LogP contribution in [0.15, 0.2) is 66.7 Å². The van der Waals surface area contributed by atoms with E-state index in [2.05, 4.69) is 5.32 Å². The lowest BCUT2D eigenvalue weighted by atomic mass is 10.0. The third-order valence-electron chi connectivity index (χ3n) is 8.28. The van der Waals surface area contributed by atoms with Crippen molar-refractivity contribution in [2.75, 3.05) is 30.3 Å². The molecule has 0 bridgehead atoms. The van der Waals surface area contributed by atoms with Gasteiger partial charge in [0.05, 0.1) is 22.0 Å². The molecule has 2 amide bonds. The summed E-state index contributed by atoms with van der Waals surface area (Å²) in [6.45, 7) is 0.982. The van der Waals surface area contributed by atoms with Crippen molar-refractivity contribution < 1.29 is 27.5 Å². The summed E-state index contributed by atoms with van der Waals surface area (Å²) in [7, 11) is -3.68. The first kappa shape index (κ1) is 33.9. The fourth-order valence-corrected chi connectivity index (χ4v) is 7.23. The largest absolute Gasteiger partial charge is 0.486 e. The van der Waals surface area contributed by atoms with Crippen LogP contribution in [-0.4, -0.2) is 63.2 Å². The van der Waals surface area contributed by atoms with E-state index in [9.17, 15) is 18.0 Å². The van der Waals surface area contributed by atoms with Gasteiger partial charge in [-0.25, -0.2) is 8.42 Å². The van der Waals surface area contributed by atoms with Crippen molar-refractivity contribution in [2.24, 2.45) is 0 Å². The monoisotopic (exact) mass is 687 g/mol. The molecule has 0 aromatic heterocycles. The molecule has 0 spiro atoms. The number of carbonyl (C=O) groups excluding carboxylic acids is 2. The number of rotatable bonds is 13. The Labute approximate surface area is 280 Å². The minimum Gasteiger partial charge on any atom is -0.486 e. The summed E-state index contributed by atoms with van der Waals surface area (Å²) in [5.74, 6) is 0.539. The molecule has 5 rings (SSSR count). The molecule has 1 saturated carbocycles. The Kier molecular flexibility index (Phi) is 11.4. The van der Waals surface area contributed by atoms with Crippen molar-refractivity contribution in [1.82, 2.24) is 10.2 Å². The zero-order chi connectivity index (χ0) is 32.7. The summed E-state index contributed by atoms with van der Waals surface area (Å²) in [6.07, 6.45) is 5.61. The molecule has 3 aromatic carbocycles. The number of anilines is 1. The summed E-state index contributed by atoms with van der Waals surface area (Å²) in [5, 5.41) is 3.94. The molecule has 1 N–H and O–H groups in total. The minimum atomic E-state index is -3.68. The van der Waals surface area contributed by atoms with Gasteiger partial charge in [0, 0.05) is 38.0 Å². The van der Waals surface area contributed by atoms with E-state index in [1.165, 1.54) is 4.31 Å². The number of ether oxygens (including phenoxy) is 2. The standard InChI is InChI=1S/C34H39Cl2N3O6S/c1-46(42,43)39(27-14-16-31-32(22-27)45-19-18-44-31)17-7-12-33(40)38(23-25-13-15-28(35)29(36)20-25)30(21-24-8-3-2-4-9-24)34(41)37-26-10-5-6-11-26/h2-4,8-9,13-16,20,22,26,30H,5-7,10-12,17-19,21,23H2,1H3,(H,37,41)/t30-/m0/s1. The van der Waals surface area contributed by atoms with Crippen LogP contribution in [0.25, 0.3) is 0 Å². The van der Waals surface area contributed by atoms with Crippen molar-refractivity contribution in [3.05, 3.63) is 87.9 Å². The molecule has 1 aliphatic carbocycles. The Morgan fingerprint density at radius 3 is 2.33 bits per heavy atom. The van der Waals surface area contributed by atoms with E-state index >= 15 is 0 Å². The van der Waals surface area contributed by atoms with Gasteiger partial charge in [0.15, 0.2) is 11.5 Å². The minimum absolute atomic E-state index is 0.0138. The van der Waals surface area contributed by atoms with E-state index in [0.717, 1.165) is 43.1 Å². The molecule has 9 nitrogen and oxygen atoms in total. The highest BCUT2D eigenvalue weighted by Gasteiger charge is 2.32. The summed E-state index contributed by atoms with van der Waals surface area (Å²) in [6, 6.07) is 19.0. The first-order chi connectivity index (χ1) is 22.1. The molecule has 1 atom stereocenters. The smallest absolute Gasteiger partial charge is 0.243 e. The first-order valence-electron chi connectivity index (χ1n) is 15.5. The number of hydrogen-bond donors (Lipinski definition) is 1. The maximum absolute atomic E-state index is 14.1. The van der Waals surface area contributed by atoms with Gasteiger partial charge in [-0.05, 0) is 54.7 Å². The summed E-state index contributed by atoms with van der Waals surface area (Å²) in [5.41, 5.74) is 2.07. The fourth-order valence-electron chi connectivity index (χ4n) is 5.95. The molecule has 46 heavy (non-hydrogen) atoms. The maximum Gasteiger partial charge on any atom is 0.243 e. The van der Waals surface area contributed by atoms with E-state index in [0.29, 0.717) is 46.9 Å². The molecule has 246 valence electrons. The van der Waals surface area contributed by atoms with Crippen LogP contribution >= 0.6 is 23.2 Å². The van der Waals surface area contributed by atoms with E-state index < -0.39 is 16.1 Å². The number of sulfonamides is 1. The summed E-state index contributed by atoms with van der Waals surface area (Å²) in [4.78, 5) is 29.6. The van der Waals surface area contributed by atoms with E-state index in [1.54, 1.807) is 41.3 Å². The van der Waals surface area contributed by atoms with Crippen LogP contribution in [0.4, 0.5) is 5.69 Å². The highest BCUT2D eigenvalue weighted by molar-refractivity contribution is 7.92. The van der Waals surface area contributed by atoms with Gasteiger partial charge in [-0.3, -0.25) is 13.9 Å². The predicted octanol–water partition coefficient (Wildman–Crippen LogP) is 6.01. The quantitative estimate of drug-likeness (QED) is 0.236. The second kappa shape index (κ2) is 15.4. The number of hydrogen-bond acceptors (Lipinski definition) is 6. The molecule has 1 aliphatic heterocycles. The second-order valence-electron chi connectivity index (χ2n) is 11.7. The molecule has 3 aromatic rings. The Morgan fingerprint density at radius 2 is 1.63 bits per heavy atom. The van der Waals surface area contributed by atoms with Gasteiger partial charge < -0.3 is 19.7 Å². The van der Waals surface area contributed by atoms with Crippen molar-refractivity contribution in [2.45, 2.75) is 63.6 Å². The molecular formula is C34H39Cl2N3O6S. The topological polar surface area (TPSA) is 105 Å². The van der Waals surface area contributed by atoms with Gasteiger partial charge in [-0.1, -0.05) is 72.4 Å². The third kappa shape index (κ3) is 8.86. The zero-order valence-corrected chi connectivity index (χ0v) is 28.1. The van der Waals surface area contributed by atoms with Crippen LogP contribution in [-0.2, 0) is 32.6 Å². The number of nitrogens with zero attached hydrogens (tertiary/aromatic N) is 2. The maximum atomic E-state index is 14.1. The highest BCUT2D eigenvalue weighted by atomic mass is 35.5. The average Bonchev–Trinajstić information content (AvgIpc) is 3.55. The van der Waals surface area contributed by atoms with Gasteiger partial charge in [-0.15, -0.1) is 0 Å². The first-order valence-corrected chi connectivity index (χ1v) is 18.1. The van der Waals surface area contributed by atoms with E-state index in [1.807, 2.05) is 30.3 Å². The van der Waals surface area contributed by atoms with Gasteiger partial charge in [0.2, 0.25) is 21.8 Å². The van der Waals surface area contributed by atoms with Crippen LogP contribution in [0.3, 0.4) is 0 Å². The number of halogens is 2. The lowest BCUT2D eigenvalue weighted by Crippen LogP contribution is -2.52. The number of nitrogens with one attached hydrogen (secondary N) is 1. The Morgan fingerprint density at radius 1 is 0.913 bits per heavy atom. The van der Waals surface area contributed by atoms with Crippen molar-refractivity contribution >= 4 is 50.7 Å². The molecule has 1 fully saturated rings. The predicted molar refractivity (Wildman–Crippen MR) is 180 cm³/mol. The number of carbonyl (C=O) groups is 2. The molecule has 0 radical (unpaired) electrons. The van der Waals surface area contributed by atoms with Crippen molar-refractivity contribution in [1.29, 1.82) is 0 Å². The summed E-state index contributed by atoms with van der Waals surface area (Å²) >= 11 is 12.5. The van der Waals surface area contributed by atoms with E-state index in [-0.39, 0.29) is 43.8 Å². The normalized spacial score (nSPS) is 15.3. The molecule has 2 aliphatic rings. The number of amides is 2. The van der Waals surface area contributed by atoms with Crippen LogP contribution in [0, 0.1) is 0 Å². The molecule has 0 unspecified atom stereocenters. The second-order valence-corrected chi connectivity index (χ2v) is 14.5. The average molecular weight is 689 g/mol. The fraction of sp³-hybridized carbons (Fsp3) is 0.412. The Balaban J connectivity index is 1.39. The number of benzene rings is 3. The van der Waals surface area contributed by atoms with Gasteiger partial charge in [-0.2, -0.15) is 0 Å². The van der Waals surface area contributed by atoms with Crippen molar-refractivity contribution in [3.63, 3.8) is 0 Å². The molecule has 12 heteroatoms. The molecule has 0 saturated heterocycles. The Bertz CT molecular complexity index is 1630. The number of fused-ring (bicyclic) bond motifs is 1. The SMILES string of the molecule is CS(=O)(=O)N(CCCC(=O)N(Cc1ccc(Cl)c(Cl)c1)[C@@H](Cc1ccccc1)C(=O)NC1CCCC1)c1ccc2c(c1)OCCO2. The van der Waals surface area contributed by atoms with Crippen LogP contribution in [0.5, 0.6) is 11.5 Å². The third-order valence-corrected chi connectivity index (χ3v) is 10.2.